The van der Waals surface area contributed by atoms with Crippen LogP contribution in [0.2, 0.25) is 0 Å². The number of rotatable bonds is 6. The first-order valence-corrected chi connectivity index (χ1v) is 12.1. The van der Waals surface area contributed by atoms with Crippen LogP contribution in [0.3, 0.4) is 0 Å². The summed E-state index contributed by atoms with van der Waals surface area (Å²) in [6.45, 7) is 11.5. The maximum absolute atomic E-state index is 10.3. The van der Waals surface area contributed by atoms with Gasteiger partial charge < -0.3 is 14.9 Å². The SMILES string of the molecule is CCCOc1ccc([C@@H]2[C@H]3CC(C(C)(C)C)CC=C3C(C#N)C(=N)C2(C#N)C#N)cc1OCC. The average molecular weight is 459 g/mol. The van der Waals surface area contributed by atoms with E-state index in [-0.39, 0.29) is 17.0 Å². The summed E-state index contributed by atoms with van der Waals surface area (Å²) in [7, 11) is 0. The van der Waals surface area contributed by atoms with Gasteiger partial charge in [-0.25, -0.2) is 0 Å². The fourth-order valence-electron chi connectivity index (χ4n) is 5.42. The normalized spacial score (nSPS) is 25.7. The molecule has 4 atom stereocenters. The summed E-state index contributed by atoms with van der Waals surface area (Å²) < 4.78 is 11.7. The van der Waals surface area contributed by atoms with Gasteiger partial charge in [0, 0.05) is 5.92 Å². The number of ether oxygens (including phenoxy) is 2. The van der Waals surface area contributed by atoms with Crippen LogP contribution < -0.4 is 9.47 Å². The third-order valence-corrected chi connectivity index (χ3v) is 7.32. The van der Waals surface area contributed by atoms with Crippen molar-refractivity contribution in [3.63, 3.8) is 0 Å². The molecule has 6 nitrogen and oxygen atoms in total. The number of nitriles is 3. The van der Waals surface area contributed by atoms with Gasteiger partial charge >= 0.3 is 0 Å². The van der Waals surface area contributed by atoms with Crippen molar-refractivity contribution in [1.29, 1.82) is 21.2 Å². The largest absolute Gasteiger partial charge is 0.490 e. The van der Waals surface area contributed by atoms with Gasteiger partial charge in [0.2, 0.25) is 0 Å². The van der Waals surface area contributed by atoms with Crippen molar-refractivity contribution >= 4 is 5.71 Å². The highest BCUT2D eigenvalue weighted by Crippen LogP contribution is 2.58. The molecule has 1 fully saturated rings. The molecule has 0 spiro atoms. The molecule has 178 valence electrons. The monoisotopic (exact) mass is 458 g/mol. The van der Waals surface area contributed by atoms with Gasteiger partial charge in [-0.05, 0) is 66.7 Å². The van der Waals surface area contributed by atoms with E-state index in [1.54, 1.807) is 0 Å². The summed E-state index contributed by atoms with van der Waals surface area (Å²) in [5.41, 5.74) is -0.163. The van der Waals surface area contributed by atoms with Crippen LogP contribution in [0.25, 0.3) is 0 Å². The fraction of sp³-hybridized carbons (Fsp3) is 0.571. The highest BCUT2D eigenvalue weighted by atomic mass is 16.5. The molecule has 3 rings (SSSR count). The number of benzene rings is 1. The van der Waals surface area contributed by atoms with Gasteiger partial charge in [0.15, 0.2) is 16.9 Å². The Hall–Kier alpha value is -3.30. The zero-order valence-electron chi connectivity index (χ0n) is 20.8. The number of hydrogen-bond donors (Lipinski definition) is 1. The topological polar surface area (TPSA) is 114 Å². The Morgan fingerprint density at radius 1 is 1.09 bits per heavy atom. The second-order valence-corrected chi connectivity index (χ2v) is 10.3. The zero-order valence-corrected chi connectivity index (χ0v) is 20.8. The van der Waals surface area contributed by atoms with E-state index in [4.69, 9.17) is 14.9 Å². The maximum atomic E-state index is 10.3. The molecule has 0 amide bonds. The van der Waals surface area contributed by atoms with Crippen molar-refractivity contribution < 1.29 is 9.47 Å². The lowest BCUT2D eigenvalue weighted by molar-refractivity contribution is 0.167. The van der Waals surface area contributed by atoms with Gasteiger partial charge in [0.25, 0.3) is 0 Å². The van der Waals surface area contributed by atoms with Crippen LogP contribution in [-0.2, 0) is 0 Å². The van der Waals surface area contributed by atoms with E-state index in [0.29, 0.717) is 30.6 Å². The second kappa shape index (κ2) is 9.90. The Bertz CT molecular complexity index is 1080. The number of nitrogens with one attached hydrogen (secondary N) is 1. The van der Waals surface area contributed by atoms with Gasteiger partial charge in [-0.3, -0.25) is 0 Å². The second-order valence-electron chi connectivity index (χ2n) is 10.3. The Balaban J connectivity index is 2.22. The van der Waals surface area contributed by atoms with Crippen LogP contribution >= 0.6 is 0 Å². The predicted molar refractivity (Wildman–Crippen MR) is 130 cm³/mol. The summed E-state index contributed by atoms with van der Waals surface area (Å²) in [6, 6.07) is 12.2. The first kappa shape index (κ1) is 25.3. The quantitative estimate of drug-likeness (QED) is 0.513. The van der Waals surface area contributed by atoms with Crippen LogP contribution in [0.1, 0.15) is 65.4 Å². The van der Waals surface area contributed by atoms with E-state index in [9.17, 15) is 15.8 Å². The summed E-state index contributed by atoms with van der Waals surface area (Å²) in [6.07, 6.45) is 4.54. The van der Waals surface area contributed by atoms with E-state index >= 15 is 0 Å². The molecule has 0 aliphatic heterocycles. The van der Waals surface area contributed by atoms with Crippen LogP contribution in [-0.4, -0.2) is 18.9 Å². The van der Waals surface area contributed by atoms with E-state index in [2.05, 4.69) is 45.1 Å². The molecule has 2 aliphatic rings. The van der Waals surface area contributed by atoms with Crippen molar-refractivity contribution in [1.82, 2.24) is 0 Å². The van der Waals surface area contributed by atoms with Crippen molar-refractivity contribution in [3.8, 4) is 29.7 Å². The van der Waals surface area contributed by atoms with Crippen molar-refractivity contribution in [3.05, 3.63) is 35.4 Å². The third-order valence-electron chi connectivity index (χ3n) is 7.32. The molecule has 1 aromatic rings. The Labute approximate surface area is 203 Å². The molecule has 6 heteroatoms. The van der Waals surface area contributed by atoms with E-state index in [0.717, 1.165) is 30.4 Å². The minimum atomic E-state index is -1.72. The van der Waals surface area contributed by atoms with Crippen LogP contribution in [0.5, 0.6) is 11.5 Å². The molecule has 0 saturated heterocycles. The number of nitrogens with zero attached hydrogens (tertiary/aromatic N) is 3. The Morgan fingerprint density at radius 3 is 2.35 bits per heavy atom. The minimum Gasteiger partial charge on any atom is -0.490 e. The standard InChI is InChI=1S/C28H34N4O2/c1-6-12-34-23-11-8-18(13-24(23)33-7-2)25-21-14-19(27(3,4)5)9-10-20(21)22(15-29)26(32)28(25,16-30)17-31/h8,10-11,13,19,21-22,25,32H,6-7,9,12,14H2,1-5H3/t19?,21-,22?,25+/m0/s1. The third kappa shape index (κ3) is 4.28. The molecule has 2 aliphatic carbocycles. The predicted octanol–water partition coefficient (Wildman–Crippen LogP) is 6.16. The minimum absolute atomic E-state index is 0.0377. The van der Waals surface area contributed by atoms with Gasteiger partial charge in [-0.1, -0.05) is 39.8 Å². The van der Waals surface area contributed by atoms with Gasteiger partial charge in [-0.2, -0.15) is 15.8 Å². The molecule has 34 heavy (non-hydrogen) atoms. The lowest BCUT2D eigenvalue weighted by Crippen LogP contribution is -2.50. The van der Waals surface area contributed by atoms with E-state index in [1.165, 1.54) is 0 Å². The molecule has 0 heterocycles. The molecule has 2 unspecified atom stereocenters. The molecule has 1 saturated carbocycles. The number of hydrogen-bond acceptors (Lipinski definition) is 6. The van der Waals surface area contributed by atoms with Crippen LogP contribution in [0.4, 0.5) is 0 Å². The summed E-state index contributed by atoms with van der Waals surface area (Å²) in [5.74, 6) is -0.0760. The molecule has 1 N–H and O–H groups in total. The van der Waals surface area contributed by atoms with Crippen LogP contribution in [0, 0.1) is 68.0 Å². The molecular formula is C28H34N4O2. The number of allylic oxidation sites excluding steroid dienone is 2. The maximum Gasteiger partial charge on any atom is 0.189 e. The van der Waals surface area contributed by atoms with E-state index < -0.39 is 17.3 Å². The lowest BCUT2D eigenvalue weighted by Gasteiger charge is -2.49. The first-order valence-electron chi connectivity index (χ1n) is 12.1. The molecule has 0 radical (unpaired) electrons. The molecular weight excluding hydrogens is 424 g/mol. The fourth-order valence-corrected chi connectivity index (χ4v) is 5.42. The highest BCUT2D eigenvalue weighted by molar-refractivity contribution is 6.00. The van der Waals surface area contributed by atoms with E-state index in [1.807, 2.05) is 32.0 Å². The Morgan fingerprint density at radius 2 is 1.79 bits per heavy atom. The summed E-state index contributed by atoms with van der Waals surface area (Å²) in [4.78, 5) is 0. The summed E-state index contributed by atoms with van der Waals surface area (Å²) >= 11 is 0. The van der Waals surface area contributed by atoms with Gasteiger partial charge in [-0.15, -0.1) is 0 Å². The molecule has 1 aromatic carbocycles. The Kier molecular flexibility index (Phi) is 7.38. The zero-order chi connectivity index (χ0) is 25.1. The molecule has 0 bridgehead atoms. The smallest absolute Gasteiger partial charge is 0.189 e. The number of fused-ring (bicyclic) bond motifs is 1. The lowest BCUT2D eigenvalue weighted by atomic mass is 9.51. The van der Waals surface area contributed by atoms with Crippen molar-refractivity contribution in [2.24, 2.45) is 28.6 Å². The van der Waals surface area contributed by atoms with Gasteiger partial charge in [0.1, 0.15) is 5.92 Å². The van der Waals surface area contributed by atoms with Crippen LogP contribution in [0.15, 0.2) is 29.8 Å². The average Bonchev–Trinajstić information content (AvgIpc) is 2.82. The first-order chi connectivity index (χ1) is 16.2. The highest BCUT2D eigenvalue weighted by Gasteiger charge is 2.58. The van der Waals surface area contributed by atoms with Crippen molar-refractivity contribution in [2.75, 3.05) is 13.2 Å². The van der Waals surface area contributed by atoms with Crippen molar-refractivity contribution in [2.45, 2.75) is 59.8 Å². The molecule has 0 aromatic heterocycles. The van der Waals surface area contributed by atoms with Gasteiger partial charge in [0.05, 0.1) is 37.1 Å². The summed E-state index contributed by atoms with van der Waals surface area (Å²) in [5, 5.41) is 39.4.